The van der Waals surface area contributed by atoms with Gasteiger partial charge in [-0.05, 0) is 137 Å². The molecule has 8 N–H and O–H groups in total. The number of pyridine rings is 2. The lowest BCUT2D eigenvalue weighted by Gasteiger charge is -2.40. The van der Waals surface area contributed by atoms with Crippen molar-refractivity contribution in [2.45, 2.75) is 97.8 Å². The summed E-state index contributed by atoms with van der Waals surface area (Å²) in [4.78, 5) is 143. The van der Waals surface area contributed by atoms with Crippen molar-refractivity contribution in [2.24, 2.45) is 16.7 Å². The topological polar surface area (TPSA) is 467 Å². The largest absolute Gasteiger partial charge is 0.341 e. The van der Waals surface area contributed by atoms with Crippen molar-refractivity contribution in [3.63, 3.8) is 0 Å². The first-order chi connectivity index (χ1) is 71.4. The summed E-state index contributed by atoms with van der Waals surface area (Å²) in [5.41, 5.74) is 3.10. The summed E-state index contributed by atoms with van der Waals surface area (Å²) in [7, 11) is -14.7. The molecule has 11 heterocycles. The van der Waals surface area contributed by atoms with E-state index in [-0.39, 0.29) is 185 Å². The van der Waals surface area contributed by atoms with Gasteiger partial charge >= 0.3 is 24.1 Å². The van der Waals surface area contributed by atoms with E-state index < -0.39 is 51.5 Å². The Morgan fingerprint density at radius 3 is 1.24 bits per heavy atom. The van der Waals surface area contributed by atoms with Gasteiger partial charge in [0.15, 0.2) is 0 Å². The van der Waals surface area contributed by atoms with Crippen molar-refractivity contribution in [1.29, 1.82) is 0 Å². The Kier molecular flexibility index (Phi) is 34.1. The highest BCUT2D eigenvalue weighted by Crippen LogP contribution is 2.65. The van der Waals surface area contributed by atoms with E-state index >= 15 is 0 Å². The molecule has 0 radical (unpaired) electrons. The molecule has 2 saturated carbocycles. The fourth-order valence-corrected chi connectivity index (χ4v) is 30.9. The fraction of sp³-hybridized carbons (Fsp3) is 0.388. The Balaban J connectivity index is 0.000000142. The third-order valence-electron chi connectivity index (χ3n) is 28.0. The number of aryl methyl sites for hydroxylation is 2. The van der Waals surface area contributed by atoms with Gasteiger partial charge in [-0.25, -0.2) is 67.8 Å². The Labute approximate surface area is 881 Å². The number of ketones is 1. The number of para-hydroxylation sites is 1. The van der Waals surface area contributed by atoms with E-state index in [0.29, 0.717) is 116 Å². The van der Waals surface area contributed by atoms with Crippen molar-refractivity contribution in [2.75, 3.05) is 182 Å². The number of sulfonamides is 4. The molecule has 4 aliphatic heterocycles. The van der Waals surface area contributed by atoms with Crippen molar-refractivity contribution < 1.29 is 76.8 Å². The van der Waals surface area contributed by atoms with Gasteiger partial charge in [0.2, 0.25) is 46.0 Å². The van der Waals surface area contributed by atoms with Crippen LogP contribution in [0.15, 0.2) is 186 Å². The molecule has 19 rings (SSSR count). The fourth-order valence-electron chi connectivity index (χ4n) is 20.0. The first kappa shape index (κ1) is 109. The number of fused-ring (bicyclic) bond motifs is 8. The standard InChI is InChI=1S/C28H30N4O4S2.C26H34N4O5S2.C25H25N5O4S2.C24H32N8O4S2/c1-2-29-28(34)30-26-25(23-12-5-6-13-24(23)37-26)27(33)31-15-17-32(18-16-31)38(35,36)19-14-21-10-7-9-20-8-3-4-11-22(20)21;1-4-27-24(33)28-22-21(17-7-5-6-8-20(17)36-22)23(32)29-11-13-30(14-12-29)37(34,35)16-26-10-9-18(19(31)15-26)25(26,2)3;1-2-26-25(32)28-23-21(18-9-3-4-10-19(18)35-23)24(31)29-13-15-30(16-14-29)36(33,34)20-11-5-7-17-8-6-12-27-22(17)20;1-5-25-24(34)29-21-19(18-9-8-16(4)28-20(18)37-21)22(33)31-10-12-32(13-11-31)38(35,36)17-14-26-23(27-15-17)30(6-2)7-3/h3-13H,2,14-19H2,1H3,(H2,29,30,34);5-8,18H,4,9-16H2,1-3H3,(H2,27,28,33);3-12H,2,13-16H2,1H3,(H2,26,28,32);8-9,14-15H,5-7,10-13H2,1-4H3,(H2,25,29,34). The number of carbonyl (C=O) groups excluding carboxylic acids is 9. The summed E-state index contributed by atoms with van der Waals surface area (Å²) >= 11 is 5.28. The Hall–Kier alpha value is -12.9. The Morgan fingerprint density at radius 1 is 0.416 bits per heavy atom. The predicted molar refractivity (Wildman–Crippen MR) is 586 cm³/mol. The second-order valence-corrected chi connectivity index (χ2v) is 49.2. The third kappa shape index (κ3) is 23.5. The number of carbonyl (C=O) groups is 9. The Morgan fingerprint density at radius 2 is 0.805 bits per heavy atom. The molecule has 2 unspecified atom stereocenters. The molecule has 6 aliphatic rings. The molecule has 38 nitrogen and oxygen atoms in total. The number of piperazine rings is 4. The van der Waals surface area contributed by atoms with E-state index in [1.807, 2.05) is 200 Å². The number of hydrogen-bond donors (Lipinski definition) is 8. The maximum atomic E-state index is 13.6. The van der Waals surface area contributed by atoms with Crippen LogP contribution < -0.4 is 47.4 Å². The second kappa shape index (κ2) is 46.7. The zero-order valence-corrected chi connectivity index (χ0v) is 90.7. The summed E-state index contributed by atoms with van der Waals surface area (Å²) in [6.45, 7) is 23.9. The molecular formula is C103H121N21O17S8. The number of nitrogens with zero attached hydrogens (tertiary/aromatic N) is 13. The SMILES string of the molecule is CCNC(=O)Nc1sc2ccccc2c1C(=O)N1CCN(S(=O)(=O)CC23CCC(C(=O)C2)C3(C)C)CC1.CCNC(=O)Nc1sc2ccccc2c1C(=O)N1CCN(S(=O)(=O)CCc2cccc3ccccc23)CC1.CCNC(=O)Nc1sc2ccccc2c1C(=O)N1CCN(S(=O)(=O)c2cccc3cccnc23)CC1.CCNC(=O)Nc1sc2nc(C)ccc2c1C(=O)N1CCN(S(=O)(=O)c2cnc(N(CC)CC)nc2)CC1. The highest BCUT2D eigenvalue weighted by molar-refractivity contribution is 7.90. The van der Waals surface area contributed by atoms with Crippen molar-refractivity contribution in [1.82, 2.24) is 78.0 Å². The summed E-state index contributed by atoms with van der Waals surface area (Å²) in [5, 5.41) is 29.7. The average Bonchev–Trinajstić information content (AvgIpc) is 1.54. The maximum Gasteiger partial charge on any atom is 0.319 e. The number of amides is 12. The minimum absolute atomic E-state index is 0.0149. The number of aromatic nitrogens is 4. The summed E-state index contributed by atoms with van der Waals surface area (Å²) in [5.74, 6) is -0.302. The van der Waals surface area contributed by atoms with E-state index in [4.69, 9.17) is 0 Å². The average molecular weight is 2180 g/mol. The highest BCUT2D eigenvalue weighted by atomic mass is 32.2. The predicted octanol–water partition coefficient (Wildman–Crippen LogP) is 14.3. The number of rotatable bonds is 26. The molecule has 0 spiro atoms. The van der Waals surface area contributed by atoms with Crippen LogP contribution >= 0.6 is 45.3 Å². The van der Waals surface area contributed by atoms with Crippen molar-refractivity contribution >= 4 is 227 Å². The normalized spacial score (nSPS) is 17.3. The van der Waals surface area contributed by atoms with Crippen LogP contribution in [0.1, 0.15) is 127 Å². The van der Waals surface area contributed by atoms with E-state index in [9.17, 15) is 76.8 Å². The minimum Gasteiger partial charge on any atom is -0.341 e. The molecule has 2 bridgehead atoms. The van der Waals surface area contributed by atoms with Crippen LogP contribution in [0.4, 0.5) is 45.1 Å². The lowest BCUT2D eigenvalue weighted by Crippen LogP contribution is -2.53. The molecule has 46 heteroatoms. The molecule has 13 aromatic rings. The third-order valence-corrected chi connectivity index (χ3v) is 40.0. The number of urea groups is 4. The van der Waals surface area contributed by atoms with Crippen molar-refractivity contribution in [3.8, 4) is 0 Å². The minimum atomic E-state index is -3.81. The number of nitrogens with one attached hydrogen (secondary N) is 8. The van der Waals surface area contributed by atoms with Crippen LogP contribution in [-0.4, -0.2) is 299 Å². The zero-order valence-electron chi connectivity index (χ0n) is 84.1. The number of thiophene rings is 4. The van der Waals surface area contributed by atoms with Crippen LogP contribution in [0.5, 0.6) is 0 Å². The van der Waals surface area contributed by atoms with E-state index in [1.54, 1.807) is 50.9 Å². The van der Waals surface area contributed by atoms with Gasteiger partial charge in [-0.3, -0.25) is 50.2 Å². The molecule has 4 saturated heterocycles. The number of Topliss-reactive ketones (excluding diaryl/α,β-unsaturated/α-hetero) is 1. The van der Waals surface area contributed by atoms with Gasteiger partial charge in [0, 0.05) is 209 Å². The smallest absolute Gasteiger partial charge is 0.319 e. The van der Waals surface area contributed by atoms with Gasteiger partial charge in [0.25, 0.3) is 23.6 Å². The Bertz CT molecular complexity index is 7710. The van der Waals surface area contributed by atoms with Gasteiger partial charge < -0.3 is 45.8 Å². The highest BCUT2D eigenvalue weighted by Gasteiger charge is 2.64. The van der Waals surface area contributed by atoms with Gasteiger partial charge in [0.05, 0.1) is 51.7 Å². The van der Waals surface area contributed by atoms with Gasteiger partial charge in [-0.2, -0.15) is 17.2 Å². The molecule has 788 valence electrons. The number of hydrogen-bond acceptors (Lipinski definition) is 26. The van der Waals surface area contributed by atoms with Crippen LogP contribution in [0.3, 0.4) is 0 Å². The van der Waals surface area contributed by atoms with E-state index in [2.05, 4.69) is 62.5 Å². The van der Waals surface area contributed by atoms with E-state index in [1.165, 1.54) is 75.0 Å². The molecule has 6 fully saturated rings. The molecule has 12 amide bonds. The summed E-state index contributed by atoms with van der Waals surface area (Å²) in [6.07, 6.45) is 6.55. The van der Waals surface area contributed by atoms with Crippen LogP contribution in [0, 0.1) is 23.7 Å². The van der Waals surface area contributed by atoms with Crippen LogP contribution in [0.2, 0.25) is 0 Å². The first-order valence-electron chi connectivity index (χ1n) is 49.6. The lowest BCUT2D eigenvalue weighted by atomic mass is 9.71. The monoisotopic (exact) mass is 2180 g/mol. The zero-order chi connectivity index (χ0) is 106. The molecule has 2 atom stereocenters. The number of benzene rings is 6. The molecule has 6 aromatic carbocycles. The summed E-state index contributed by atoms with van der Waals surface area (Å²) in [6, 6.07) is 47.3. The number of anilines is 5. The molecule has 2 aliphatic carbocycles. The van der Waals surface area contributed by atoms with Crippen LogP contribution in [0.25, 0.3) is 62.2 Å². The maximum absolute atomic E-state index is 13.6. The molecule has 7 aromatic heterocycles. The van der Waals surface area contributed by atoms with Gasteiger partial charge in [-0.1, -0.05) is 140 Å². The second-order valence-electron chi connectivity index (χ2n) is 37.2. The molecular weight excluding hydrogens is 2060 g/mol. The van der Waals surface area contributed by atoms with Gasteiger partial charge in [-0.15, -0.1) is 34.0 Å². The van der Waals surface area contributed by atoms with Gasteiger partial charge in [0.1, 0.15) is 40.4 Å². The molecule has 149 heavy (non-hydrogen) atoms. The summed E-state index contributed by atoms with van der Waals surface area (Å²) < 4.78 is 115. The lowest BCUT2D eigenvalue weighted by molar-refractivity contribution is -0.122. The van der Waals surface area contributed by atoms with E-state index in [0.717, 1.165) is 70.5 Å². The first-order valence-corrected chi connectivity index (χ1v) is 59.0. The quantitative estimate of drug-likeness (QED) is 0.0250. The van der Waals surface area contributed by atoms with Crippen molar-refractivity contribution in [3.05, 3.63) is 210 Å². The van der Waals surface area contributed by atoms with Crippen LogP contribution in [-0.2, 0) is 51.3 Å².